The number of hydrogen-bond acceptors (Lipinski definition) is 4. The van der Waals surface area contributed by atoms with E-state index in [-0.39, 0.29) is 23.5 Å². The van der Waals surface area contributed by atoms with Crippen molar-refractivity contribution in [3.8, 4) is 0 Å². The number of sulfone groups is 1. The molecule has 22 heavy (non-hydrogen) atoms. The molecule has 1 heterocycles. The van der Waals surface area contributed by atoms with E-state index < -0.39 is 9.84 Å². The van der Waals surface area contributed by atoms with Gasteiger partial charge in [0.2, 0.25) is 0 Å². The van der Waals surface area contributed by atoms with E-state index in [0.717, 1.165) is 25.5 Å². The van der Waals surface area contributed by atoms with Crippen LogP contribution in [0.4, 0.5) is 0 Å². The molecule has 0 bridgehead atoms. The number of carbonyl (C=O) groups excluding carboxylic acids is 1. The van der Waals surface area contributed by atoms with E-state index in [1.165, 1.54) is 0 Å². The second kappa shape index (κ2) is 6.44. The van der Waals surface area contributed by atoms with Crippen LogP contribution in [0.15, 0.2) is 16.5 Å². The molecule has 1 aliphatic rings. The molecule has 124 valence electrons. The van der Waals surface area contributed by atoms with Gasteiger partial charge in [-0.25, -0.2) is 8.42 Å². The van der Waals surface area contributed by atoms with Crippen LogP contribution in [0.5, 0.6) is 0 Å². The van der Waals surface area contributed by atoms with Crippen molar-refractivity contribution in [1.82, 2.24) is 4.90 Å². The Morgan fingerprint density at radius 3 is 2.50 bits per heavy atom. The fraction of sp³-hybridized carbons (Fsp3) is 0.688. The third-order valence-electron chi connectivity index (χ3n) is 4.36. The molecule has 0 radical (unpaired) electrons. The van der Waals surface area contributed by atoms with Crippen LogP contribution in [0.2, 0.25) is 0 Å². The standard InChI is InChI=1S/C16H25NO4S/c1-5-11(2)12(3)17(13-6-7-13)16(18)15-9-8-14(21-15)10-22(4,19)20/h8-9,11-13H,5-7,10H2,1-4H3/t11-,12+/m0/s1. The molecule has 0 aromatic carbocycles. The smallest absolute Gasteiger partial charge is 0.290 e. The summed E-state index contributed by atoms with van der Waals surface area (Å²) < 4.78 is 28.1. The molecule has 0 aliphatic heterocycles. The van der Waals surface area contributed by atoms with Crippen molar-refractivity contribution in [3.63, 3.8) is 0 Å². The van der Waals surface area contributed by atoms with Crippen LogP contribution >= 0.6 is 0 Å². The topological polar surface area (TPSA) is 67.6 Å². The Morgan fingerprint density at radius 1 is 1.36 bits per heavy atom. The Kier molecular flexibility index (Phi) is 5.00. The van der Waals surface area contributed by atoms with Gasteiger partial charge in [-0.2, -0.15) is 0 Å². The molecule has 1 aliphatic carbocycles. The summed E-state index contributed by atoms with van der Waals surface area (Å²) in [6.45, 7) is 6.34. The first kappa shape index (κ1) is 17.1. The molecule has 2 rings (SSSR count). The zero-order valence-corrected chi connectivity index (χ0v) is 14.5. The summed E-state index contributed by atoms with van der Waals surface area (Å²) in [5.74, 6) is 0.661. The highest BCUT2D eigenvalue weighted by atomic mass is 32.2. The van der Waals surface area contributed by atoms with Gasteiger partial charge < -0.3 is 9.32 Å². The van der Waals surface area contributed by atoms with Crippen molar-refractivity contribution >= 4 is 15.7 Å². The summed E-state index contributed by atoms with van der Waals surface area (Å²) >= 11 is 0. The summed E-state index contributed by atoms with van der Waals surface area (Å²) in [7, 11) is -3.17. The van der Waals surface area contributed by atoms with Crippen molar-refractivity contribution in [2.75, 3.05) is 6.26 Å². The summed E-state index contributed by atoms with van der Waals surface area (Å²) in [5.41, 5.74) is 0. The van der Waals surface area contributed by atoms with Crippen LogP contribution < -0.4 is 0 Å². The molecule has 0 spiro atoms. The van der Waals surface area contributed by atoms with Gasteiger partial charge in [0.15, 0.2) is 15.6 Å². The second-order valence-corrected chi connectivity index (χ2v) is 8.55. The van der Waals surface area contributed by atoms with Crippen LogP contribution in [-0.4, -0.2) is 37.6 Å². The van der Waals surface area contributed by atoms with Crippen molar-refractivity contribution < 1.29 is 17.6 Å². The van der Waals surface area contributed by atoms with E-state index in [0.29, 0.717) is 17.7 Å². The lowest BCUT2D eigenvalue weighted by Crippen LogP contribution is -2.43. The van der Waals surface area contributed by atoms with Gasteiger partial charge in [0.1, 0.15) is 11.5 Å². The fourth-order valence-electron chi connectivity index (χ4n) is 2.61. The number of rotatable bonds is 7. The van der Waals surface area contributed by atoms with Gasteiger partial charge >= 0.3 is 0 Å². The molecule has 1 fully saturated rings. The van der Waals surface area contributed by atoms with Gasteiger partial charge in [0.05, 0.1) is 0 Å². The molecular formula is C16H25NO4S. The van der Waals surface area contributed by atoms with Crippen molar-refractivity contribution in [2.24, 2.45) is 5.92 Å². The highest BCUT2D eigenvalue weighted by Gasteiger charge is 2.38. The van der Waals surface area contributed by atoms with Crippen molar-refractivity contribution in [1.29, 1.82) is 0 Å². The number of furan rings is 1. The van der Waals surface area contributed by atoms with Gasteiger partial charge in [-0.1, -0.05) is 20.3 Å². The molecule has 1 saturated carbocycles. The Bertz CT molecular complexity index is 630. The minimum absolute atomic E-state index is 0.130. The van der Waals surface area contributed by atoms with Gasteiger partial charge in [0.25, 0.3) is 5.91 Å². The zero-order valence-electron chi connectivity index (χ0n) is 13.7. The number of nitrogens with zero attached hydrogens (tertiary/aromatic N) is 1. The van der Waals surface area contributed by atoms with E-state index in [1.807, 2.05) is 4.90 Å². The van der Waals surface area contributed by atoms with Gasteiger partial charge in [-0.05, 0) is 37.8 Å². The molecular weight excluding hydrogens is 302 g/mol. The van der Waals surface area contributed by atoms with Crippen LogP contribution in [0.3, 0.4) is 0 Å². The molecule has 5 nitrogen and oxygen atoms in total. The van der Waals surface area contributed by atoms with Crippen LogP contribution in [0, 0.1) is 5.92 Å². The minimum atomic E-state index is -3.17. The minimum Gasteiger partial charge on any atom is -0.455 e. The van der Waals surface area contributed by atoms with Gasteiger partial charge in [-0.3, -0.25) is 4.79 Å². The Morgan fingerprint density at radius 2 is 2.00 bits per heavy atom. The Labute approximate surface area is 132 Å². The molecule has 0 unspecified atom stereocenters. The summed E-state index contributed by atoms with van der Waals surface area (Å²) in [5, 5.41) is 0. The summed E-state index contributed by atoms with van der Waals surface area (Å²) in [6, 6.07) is 3.60. The highest BCUT2D eigenvalue weighted by molar-refractivity contribution is 7.89. The number of hydrogen-bond donors (Lipinski definition) is 0. The number of amides is 1. The van der Waals surface area contributed by atoms with E-state index in [4.69, 9.17) is 4.42 Å². The maximum Gasteiger partial charge on any atom is 0.290 e. The maximum absolute atomic E-state index is 12.7. The Balaban J connectivity index is 2.17. The first-order valence-corrected chi connectivity index (χ1v) is 9.88. The summed E-state index contributed by atoms with van der Waals surface area (Å²) in [4.78, 5) is 14.7. The number of carbonyl (C=O) groups is 1. The van der Waals surface area contributed by atoms with Crippen LogP contribution in [-0.2, 0) is 15.6 Å². The predicted octanol–water partition coefficient (Wildman–Crippen LogP) is 2.86. The molecule has 0 saturated heterocycles. The monoisotopic (exact) mass is 327 g/mol. The van der Waals surface area contributed by atoms with Crippen LogP contribution in [0.1, 0.15) is 56.3 Å². The molecule has 2 atom stereocenters. The van der Waals surface area contributed by atoms with E-state index in [9.17, 15) is 13.2 Å². The van der Waals surface area contributed by atoms with Gasteiger partial charge in [0, 0.05) is 18.3 Å². The molecule has 1 amide bonds. The summed E-state index contributed by atoms with van der Waals surface area (Å²) in [6.07, 6.45) is 4.22. The second-order valence-electron chi connectivity index (χ2n) is 6.41. The third-order valence-corrected chi connectivity index (χ3v) is 5.17. The third kappa shape index (κ3) is 4.12. The van der Waals surface area contributed by atoms with Crippen LogP contribution in [0.25, 0.3) is 0 Å². The Hall–Kier alpha value is -1.30. The SMILES string of the molecule is CC[C@H](C)[C@@H](C)N(C(=O)c1ccc(CS(C)(=O)=O)o1)C1CC1. The lowest BCUT2D eigenvalue weighted by Gasteiger charge is -2.32. The first-order chi connectivity index (χ1) is 10.2. The van der Waals surface area contributed by atoms with Gasteiger partial charge in [-0.15, -0.1) is 0 Å². The van der Waals surface area contributed by atoms with E-state index in [1.54, 1.807) is 12.1 Å². The molecule has 1 aromatic heterocycles. The normalized spacial score (nSPS) is 18.0. The molecule has 1 aromatic rings. The first-order valence-electron chi connectivity index (χ1n) is 7.82. The lowest BCUT2D eigenvalue weighted by atomic mass is 9.99. The van der Waals surface area contributed by atoms with Crippen molar-refractivity contribution in [2.45, 2.75) is 57.9 Å². The quantitative estimate of drug-likeness (QED) is 0.772. The van der Waals surface area contributed by atoms with Crippen molar-refractivity contribution in [3.05, 3.63) is 23.7 Å². The predicted molar refractivity (Wildman–Crippen MR) is 85.4 cm³/mol. The van der Waals surface area contributed by atoms with E-state index in [2.05, 4.69) is 20.8 Å². The zero-order chi connectivity index (χ0) is 16.5. The van der Waals surface area contributed by atoms with E-state index >= 15 is 0 Å². The average molecular weight is 327 g/mol. The maximum atomic E-state index is 12.7. The highest BCUT2D eigenvalue weighted by Crippen LogP contribution is 2.33. The fourth-order valence-corrected chi connectivity index (χ4v) is 3.28. The molecule has 6 heteroatoms. The lowest BCUT2D eigenvalue weighted by molar-refractivity contribution is 0.0581. The largest absolute Gasteiger partial charge is 0.455 e. The average Bonchev–Trinajstić information content (AvgIpc) is 3.15. The molecule has 0 N–H and O–H groups in total.